The molecule has 100 valence electrons. The summed E-state index contributed by atoms with van der Waals surface area (Å²) < 4.78 is 13.1. The number of carbonyl (C=O) groups excluding carboxylic acids is 1. The Morgan fingerprint density at radius 3 is 3.05 bits per heavy atom. The molecule has 1 fully saturated rings. The normalized spacial score (nSPS) is 21.6. The van der Waals surface area contributed by atoms with Gasteiger partial charge in [-0.3, -0.25) is 4.79 Å². The number of rotatable bonds is 4. The van der Waals surface area contributed by atoms with Crippen LogP contribution < -0.4 is 5.32 Å². The van der Waals surface area contributed by atoms with E-state index in [1.165, 1.54) is 12.1 Å². The molecule has 1 aliphatic rings. The smallest absolute Gasteiger partial charge is 0.223 e. The van der Waals surface area contributed by atoms with Crippen LogP contribution in [-0.4, -0.2) is 17.4 Å². The van der Waals surface area contributed by atoms with Crippen molar-refractivity contribution < 1.29 is 9.18 Å². The molecule has 0 radical (unpaired) electrons. The van der Waals surface area contributed by atoms with Crippen LogP contribution in [0.2, 0.25) is 0 Å². The lowest BCUT2D eigenvalue weighted by Gasteiger charge is -2.03. The van der Waals surface area contributed by atoms with Gasteiger partial charge in [0, 0.05) is 29.6 Å². The van der Waals surface area contributed by atoms with Crippen LogP contribution in [0, 0.1) is 17.7 Å². The van der Waals surface area contributed by atoms with Gasteiger partial charge in [-0.05, 0) is 42.5 Å². The zero-order valence-corrected chi connectivity index (χ0v) is 10.9. The van der Waals surface area contributed by atoms with Gasteiger partial charge < -0.3 is 10.3 Å². The summed E-state index contributed by atoms with van der Waals surface area (Å²) in [5, 5.41) is 3.99. The average molecular weight is 260 g/mol. The highest BCUT2D eigenvalue weighted by Crippen LogP contribution is 2.37. The fraction of sp³-hybridized carbons (Fsp3) is 0.400. The Hall–Kier alpha value is -1.84. The van der Waals surface area contributed by atoms with Gasteiger partial charge in [0.15, 0.2) is 0 Å². The summed E-state index contributed by atoms with van der Waals surface area (Å²) in [6.45, 7) is 2.73. The maximum atomic E-state index is 13.1. The highest BCUT2D eigenvalue weighted by atomic mass is 19.1. The quantitative estimate of drug-likeness (QED) is 0.872. The van der Waals surface area contributed by atoms with Gasteiger partial charge >= 0.3 is 0 Å². The molecule has 0 spiro atoms. The van der Waals surface area contributed by atoms with Gasteiger partial charge in [0.2, 0.25) is 5.91 Å². The van der Waals surface area contributed by atoms with Crippen LogP contribution in [0.3, 0.4) is 0 Å². The second-order valence-electron chi connectivity index (χ2n) is 5.36. The molecule has 0 unspecified atom stereocenters. The fourth-order valence-electron chi connectivity index (χ4n) is 2.50. The third-order valence-electron chi connectivity index (χ3n) is 3.87. The van der Waals surface area contributed by atoms with E-state index in [-0.39, 0.29) is 17.6 Å². The lowest BCUT2D eigenvalue weighted by atomic mass is 10.1. The Morgan fingerprint density at radius 2 is 2.32 bits per heavy atom. The van der Waals surface area contributed by atoms with Crippen molar-refractivity contribution >= 4 is 16.8 Å². The molecule has 0 aliphatic heterocycles. The van der Waals surface area contributed by atoms with Crippen molar-refractivity contribution in [2.24, 2.45) is 11.8 Å². The van der Waals surface area contributed by atoms with E-state index in [9.17, 15) is 9.18 Å². The fourth-order valence-corrected chi connectivity index (χ4v) is 2.50. The standard InChI is InChI=1S/C15H17FN2O/c1-9-6-13(9)15(19)17-5-4-10-8-18-14-7-11(16)2-3-12(10)14/h2-3,7-9,13,18H,4-6H2,1H3,(H,17,19)/t9-,13-/m0/s1. The van der Waals surface area contributed by atoms with E-state index in [4.69, 9.17) is 0 Å². The van der Waals surface area contributed by atoms with Gasteiger partial charge in [-0.2, -0.15) is 0 Å². The number of nitrogens with one attached hydrogen (secondary N) is 2. The van der Waals surface area contributed by atoms with Crippen LogP contribution in [0.5, 0.6) is 0 Å². The lowest BCUT2D eigenvalue weighted by molar-refractivity contribution is -0.122. The van der Waals surface area contributed by atoms with Gasteiger partial charge in [0.1, 0.15) is 5.82 Å². The maximum absolute atomic E-state index is 13.1. The molecule has 1 aliphatic carbocycles. The molecule has 2 atom stereocenters. The topological polar surface area (TPSA) is 44.9 Å². The lowest BCUT2D eigenvalue weighted by Crippen LogP contribution is -2.27. The van der Waals surface area contributed by atoms with Crippen LogP contribution in [-0.2, 0) is 11.2 Å². The molecule has 1 amide bonds. The summed E-state index contributed by atoms with van der Waals surface area (Å²) in [4.78, 5) is 14.7. The number of hydrogen-bond donors (Lipinski definition) is 2. The van der Waals surface area contributed by atoms with Gasteiger partial charge in [-0.15, -0.1) is 0 Å². The van der Waals surface area contributed by atoms with Crippen molar-refractivity contribution in [3.8, 4) is 0 Å². The van der Waals surface area contributed by atoms with Gasteiger partial charge in [-0.25, -0.2) is 4.39 Å². The van der Waals surface area contributed by atoms with Crippen molar-refractivity contribution in [2.75, 3.05) is 6.54 Å². The zero-order chi connectivity index (χ0) is 13.4. The third kappa shape index (κ3) is 2.48. The Morgan fingerprint density at radius 1 is 1.53 bits per heavy atom. The number of carbonyl (C=O) groups is 1. The minimum Gasteiger partial charge on any atom is -0.361 e. The van der Waals surface area contributed by atoms with Gasteiger partial charge in [0.05, 0.1) is 0 Å². The maximum Gasteiger partial charge on any atom is 0.223 e. The van der Waals surface area contributed by atoms with Crippen molar-refractivity contribution in [3.05, 3.63) is 35.8 Å². The van der Waals surface area contributed by atoms with Crippen molar-refractivity contribution in [1.82, 2.24) is 10.3 Å². The molecule has 2 aromatic rings. The molecule has 1 heterocycles. The molecule has 3 rings (SSSR count). The van der Waals surface area contributed by atoms with E-state index < -0.39 is 0 Å². The average Bonchev–Trinajstić information content (AvgIpc) is 2.98. The number of aromatic nitrogens is 1. The van der Waals surface area contributed by atoms with E-state index in [0.29, 0.717) is 12.5 Å². The van der Waals surface area contributed by atoms with Crippen LogP contribution in [0.15, 0.2) is 24.4 Å². The highest BCUT2D eigenvalue weighted by Gasteiger charge is 2.38. The highest BCUT2D eigenvalue weighted by molar-refractivity contribution is 5.83. The van der Waals surface area contributed by atoms with Crippen LogP contribution in [0.25, 0.3) is 10.9 Å². The Balaban J connectivity index is 1.61. The number of fused-ring (bicyclic) bond motifs is 1. The summed E-state index contributed by atoms with van der Waals surface area (Å²) in [5.74, 6) is 0.684. The van der Waals surface area contributed by atoms with Crippen LogP contribution in [0.4, 0.5) is 4.39 Å². The largest absolute Gasteiger partial charge is 0.361 e. The molecule has 0 saturated heterocycles. The van der Waals surface area contributed by atoms with Gasteiger partial charge in [-0.1, -0.05) is 6.92 Å². The zero-order valence-electron chi connectivity index (χ0n) is 10.9. The van der Waals surface area contributed by atoms with Gasteiger partial charge in [0.25, 0.3) is 0 Å². The Labute approximate surface area is 111 Å². The van der Waals surface area contributed by atoms with E-state index in [1.54, 1.807) is 6.07 Å². The molecule has 1 saturated carbocycles. The molecule has 1 aromatic carbocycles. The minimum absolute atomic E-state index is 0.165. The van der Waals surface area contributed by atoms with Crippen molar-refractivity contribution in [3.63, 3.8) is 0 Å². The van der Waals surface area contributed by atoms with E-state index >= 15 is 0 Å². The molecular formula is C15H17FN2O. The predicted octanol–water partition coefficient (Wildman–Crippen LogP) is 2.62. The number of amides is 1. The summed E-state index contributed by atoms with van der Waals surface area (Å²) >= 11 is 0. The van der Waals surface area contributed by atoms with E-state index in [2.05, 4.69) is 17.2 Å². The summed E-state index contributed by atoms with van der Waals surface area (Å²) in [6.07, 6.45) is 3.66. The summed E-state index contributed by atoms with van der Waals surface area (Å²) in [5.41, 5.74) is 1.91. The van der Waals surface area contributed by atoms with E-state index in [1.807, 2.05) is 6.20 Å². The third-order valence-corrected chi connectivity index (χ3v) is 3.87. The van der Waals surface area contributed by atoms with Crippen molar-refractivity contribution in [2.45, 2.75) is 19.8 Å². The van der Waals surface area contributed by atoms with Crippen LogP contribution in [0.1, 0.15) is 18.9 Å². The minimum atomic E-state index is -0.239. The number of hydrogen-bond acceptors (Lipinski definition) is 1. The molecule has 4 heteroatoms. The molecule has 19 heavy (non-hydrogen) atoms. The second-order valence-corrected chi connectivity index (χ2v) is 5.36. The van der Waals surface area contributed by atoms with E-state index in [0.717, 1.165) is 29.3 Å². The first-order chi connectivity index (χ1) is 9.15. The van der Waals surface area contributed by atoms with Crippen LogP contribution >= 0.6 is 0 Å². The Bertz CT molecular complexity index is 620. The summed E-state index contributed by atoms with van der Waals surface area (Å²) in [7, 11) is 0. The molecule has 2 N–H and O–H groups in total. The summed E-state index contributed by atoms with van der Waals surface area (Å²) in [6, 6.07) is 4.73. The SMILES string of the molecule is C[C@H]1C[C@@H]1C(=O)NCCc1c[nH]c2cc(F)ccc12. The number of halogens is 1. The van der Waals surface area contributed by atoms with Crippen molar-refractivity contribution in [1.29, 1.82) is 0 Å². The molecule has 3 nitrogen and oxygen atoms in total. The molecule has 1 aromatic heterocycles. The number of aromatic amines is 1. The first kappa shape index (κ1) is 12.2. The Kier molecular flexibility index (Phi) is 3.01. The molecule has 0 bridgehead atoms. The first-order valence-corrected chi connectivity index (χ1v) is 6.68. The predicted molar refractivity (Wildman–Crippen MR) is 72.2 cm³/mol. The molecular weight excluding hydrogens is 243 g/mol. The monoisotopic (exact) mass is 260 g/mol. The number of benzene rings is 1. The second kappa shape index (κ2) is 4.68. The first-order valence-electron chi connectivity index (χ1n) is 6.68. The number of H-pyrrole nitrogens is 1.